The second-order valence-corrected chi connectivity index (χ2v) is 6.40. The number of hydrogen-bond donors (Lipinski definition) is 0. The third-order valence-corrected chi connectivity index (χ3v) is 4.62. The maximum atomic E-state index is 12.5. The minimum absolute atomic E-state index is 0.192. The van der Waals surface area contributed by atoms with Crippen LogP contribution in [0.3, 0.4) is 0 Å². The Labute approximate surface area is 146 Å². The van der Waals surface area contributed by atoms with Crippen molar-refractivity contribution >= 4 is 17.2 Å². The van der Waals surface area contributed by atoms with Crippen molar-refractivity contribution in [2.24, 2.45) is 0 Å². The van der Waals surface area contributed by atoms with Crippen LogP contribution >= 0.6 is 0 Å². The second kappa shape index (κ2) is 6.55. The van der Waals surface area contributed by atoms with Crippen molar-refractivity contribution in [2.45, 2.75) is 13.3 Å². The number of nitrogens with zero attached hydrogens (tertiary/aromatic N) is 5. The van der Waals surface area contributed by atoms with Gasteiger partial charge in [-0.25, -0.2) is 9.50 Å². The van der Waals surface area contributed by atoms with Gasteiger partial charge in [0.25, 0.3) is 0 Å². The molecule has 6 heteroatoms. The highest BCUT2D eigenvalue weighted by atomic mass is 16.2. The number of aryl methyl sites for hydroxylation is 1. The first-order valence-corrected chi connectivity index (χ1v) is 8.58. The van der Waals surface area contributed by atoms with Gasteiger partial charge in [0.05, 0.1) is 12.1 Å². The number of rotatable bonds is 3. The molecule has 128 valence electrons. The lowest BCUT2D eigenvalue weighted by atomic mass is 10.1. The number of benzene rings is 1. The van der Waals surface area contributed by atoms with Crippen molar-refractivity contribution in [3.05, 3.63) is 60.0 Å². The molecule has 1 fully saturated rings. The average molecular weight is 335 g/mol. The first kappa shape index (κ1) is 15.6. The molecule has 2 aromatic heterocycles. The van der Waals surface area contributed by atoms with Crippen LogP contribution in [-0.2, 0) is 11.2 Å². The summed E-state index contributed by atoms with van der Waals surface area (Å²) in [6.45, 7) is 5.01. The summed E-state index contributed by atoms with van der Waals surface area (Å²) in [5.74, 6) is 1.13. The third kappa shape index (κ3) is 3.20. The minimum Gasteiger partial charge on any atom is -0.351 e. The zero-order valence-corrected chi connectivity index (χ0v) is 14.3. The third-order valence-electron chi connectivity index (χ3n) is 4.62. The Hall–Kier alpha value is -2.89. The number of carbonyl (C=O) groups excluding carboxylic acids is 1. The number of anilines is 1. The highest BCUT2D eigenvalue weighted by Crippen LogP contribution is 2.21. The molecule has 1 aliphatic rings. The summed E-state index contributed by atoms with van der Waals surface area (Å²) in [6, 6.07) is 12.0. The van der Waals surface area contributed by atoms with Crippen LogP contribution < -0.4 is 4.90 Å². The fourth-order valence-electron chi connectivity index (χ4n) is 3.32. The maximum absolute atomic E-state index is 12.5. The largest absolute Gasteiger partial charge is 0.351 e. The molecule has 1 amide bonds. The average Bonchev–Trinajstić information content (AvgIpc) is 3.03. The molecule has 0 spiro atoms. The Balaban J connectivity index is 1.43. The molecule has 4 rings (SSSR count). The van der Waals surface area contributed by atoms with Gasteiger partial charge < -0.3 is 9.80 Å². The zero-order valence-electron chi connectivity index (χ0n) is 14.3. The van der Waals surface area contributed by atoms with E-state index < -0.39 is 0 Å². The maximum Gasteiger partial charge on any atom is 0.227 e. The van der Waals surface area contributed by atoms with E-state index in [2.05, 4.69) is 21.0 Å². The van der Waals surface area contributed by atoms with Crippen LogP contribution in [0.5, 0.6) is 0 Å². The molecule has 1 aliphatic heterocycles. The first-order valence-electron chi connectivity index (χ1n) is 8.58. The molecular weight excluding hydrogens is 314 g/mol. The minimum atomic E-state index is 0.192. The van der Waals surface area contributed by atoms with Gasteiger partial charge in [0, 0.05) is 38.6 Å². The predicted octanol–water partition coefficient (Wildman–Crippen LogP) is 1.93. The van der Waals surface area contributed by atoms with Crippen molar-refractivity contribution in [1.82, 2.24) is 19.5 Å². The summed E-state index contributed by atoms with van der Waals surface area (Å²) >= 11 is 0. The van der Waals surface area contributed by atoms with Crippen LogP contribution in [0.25, 0.3) is 5.52 Å². The molecule has 3 aromatic rings. The van der Waals surface area contributed by atoms with Gasteiger partial charge in [0.15, 0.2) is 5.82 Å². The van der Waals surface area contributed by atoms with E-state index in [0.29, 0.717) is 6.42 Å². The van der Waals surface area contributed by atoms with E-state index in [-0.39, 0.29) is 5.91 Å². The van der Waals surface area contributed by atoms with Gasteiger partial charge in [-0.3, -0.25) is 4.79 Å². The van der Waals surface area contributed by atoms with Gasteiger partial charge in [-0.15, -0.1) is 0 Å². The van der Waals surface area contributed by atoms with Gasteiger partial charge in [-0.1, -0.05) is 30.3 Å². The lowest BCUT2D eigenvalue weighted by Gasteiger charge is -2.35. The summed E-state index contributed by atoms with van der Waals surface area (Å²) in [5.41, 5.74) is 3.06. The Kier molecular flexibility index (Phi) is 4.09. The molecule has 0 radical (unpaired) electrons. The van der Waals surface area contributed by atoms with Crippen molar-refractivity contribution in [1.29, 1.82) is 0 Å². The number of amides is 1. The summed E-state index contributed by atoms with van der Waals surface area (Å²) < 4.78 is 1.87. The van der Waals surface area contributed by atoms with Gasteiger partial charge in [-0.2, -0.15) is 5.10 Å². The Morgan fingerprint density at radius 2 is 1.88 bits per heavy atom. The van der Waals surface area contributed by atoms with Gasteiger partial charge >= 0.3 is 0 Å². The molecule has 0 unspecified atom stereocenters. The molecule has 3 heterocycles. The molecular formula is C19H21N5O. The van der Waals surface area contributed by atoms with Crippen LogP contribution in [0.2, 0.25) is 0 Å². The Morgan fingerprint density at radius 3 is 2.64 bits per heavy atom. The van der Waals surface area contributed by atoms with Crippen molar-refractivity contribution < 1.29 is 4.79 Å². The quantitative estimate of drug-likeness (QED) is 0.734. The van der Waals surface area contributed by atoms with Gasteiger partial charge in [-0.05, 0) is 18.6 Å². The summed E-state index contributed by atoms with van der Waals surface area (Å²) in [7, 11) is 0. The topological polar surface area (TPSA) is 53.7 Å². The molecule has 0 saturated carbocycles. The summed E-state index contributed by atoms with van der Waals surface area (Å²) in [5, 5.41) is 4.44. The molecule has 0 atom stereocenters. The smallest absolute Gasteiger partial charge is 0.227 e. The first-order chi connectivity index (χ1) is 12.2. The van der Waals surface area contributed by atoms with Crippen LogP contribution in [0.1, 0.15) is 11.3 Å². The molecule has 0 N–H and O–H groups in total. The molecule has 1 aromatic carbocycles. The lowest BCUT2D eigenvalue weighted by Crippen LogP contribution is -2.49. The van der Waals surface area contributed by atoms with E-state index in [9.17, 15) is 4.79 Å². The molecule has 1 saturated heterocycles. The van der Waals surface area contributed by atoms with E-state index in [1.165, 1.54) is 0 Å². The van der Waals surface area contributed by atoms with E-state index in [4.69, 9.17) is 0 Å². The standard InChI is InChI=1S/C19H21N5O/c1-15-13-17-19(20-7-8-24(17)21-15)23-11-9-22(10-12-23)18(25)14-16-5-3-2-4-6-16/h2-8,13H,9-12,14H2,1H3. The SMILES string of the molecule is Cc1cc2c(N3CCN(C(=O)Cc4ccccc4)CC3)nccn2n1. The zero-order chi connectivity index (χ0) is 17.2. The van der Waals surface area contributed by atoms with Crippen LogP contribution in [0.4, 0.5) is 5.82 Å². The molecule has 6 nitrogen and oxygen atoms in total. The van der Waals surface area contributed by atoms with Crippen LogP contribution in [0, 0.1) is 6.92 Å². The number of carbonyl (C=O) groups is 1. The van der Waals surface area contributed by atoms with Crippen molar-refractivity contribution in [3.63, 3.8) is 0 Å². The van der Waals surface area contributed by atoms with Gasteiger partial charge in [0.2, 0.25) is 5.91 Å². The Bertz CT molecular complexity index is 881. The molecule has 0 bridgehead atoms. The normalized spacial score (nSPS) is 14.9. The highest BCUT2D eigenvalue weighted by molar-refractivity contribution is 5.79. The number of piperazine rings is 1. The summed E-state index contributed by atoms with van der Waals surface area (Å²) in [4.78, 5) is 21.2. The number of hydrogen-bond acceptors (Lipinski definition) is 4. The Morgan fingerprint density at radius 1 is 1.12 bits per heavy atom. The highest BCUT2D eigenvalue weighted by Gasteiger charge is 2.23. The fraction of sp³-hybridized carbons (Fsp3) is 0.316. The summed E-state index contributed by atoms with van der Waals surface area (Å²) in [6.07, 6.45) is 4.11. The van der Waals surface area contributed by atoms with Crippen LogP contribution in [0.15, 0.2) is 48.8 Å². The van der Waals surface area contributed by atoms with E-state index in [1.807, 2.05) is 52.9 Å². The lowest BCUT2D eigenvalue weighted by molar-refractivity contribution is -0.130. The second-order valence-electron chi connectivity index (χ2n) is 6.40. The van der Waals surface area contributed by atoms with Crippen LogP contribution in [-0.4, -0.2) is 51.6 Å². The monoisotopic (exact) mass is 335 g/mol. The fourth-order valence-corrected chi connectivity index (χ4v) is 3.32. The van der Waals surface area contributed by atoms with Gasteiger partial charge in [0.1, 0.15) is 5.52 Å². The molecule has 0 aliphatic carbocycles. The predicted molar refractivity (Wildman–Crippen MR) is 96.7 cm³/mol. The van der Waals surface area contributed by atoms with E-state index in [0.717, 1.165) is 48.8 Å². The molecule has 25 heavy (non-hydrogen) atoms. The van der Waals surface area contributed by atoms with E-state index >= 15 is 0 Å². The number of aromatic nitrogens is 3. The van der Waals surface area contributed by atoms with Crippen molar-refractivity contribution in [2.75, 3.05) is 31.1 Å². The van der Waals surface area contributed by atoms with E-state index in [1.54, 1.807) is 6.20 Å². The number of fused-ring (bicyclic) bond motifs is 1. The van der Waals surface area contributed by atoms with Crippen molar-refractivity contribution in [3.8, 4) is 0 Å².